The highest BCUT2D eigenvalue weighted by molar-refractivity contribution is 5.95. The summed E-state index contributed by atoms with van der Waals surface area (Å²) >= 11 is 0. The first kappa shape index (κ1) is 25.4. The molecule has 0 amide bonds. The van der Waals surface area contributed by atoms with Crippen molar-refractivity contribution in [3.8, 4) is 28.5 Å². The Balaban J connectivity index is 1.84. The van der Waals surface area contributed by atoms with Crippen LogP contribution in [0.2, 0.25) is 0 Å². The molecule has 0 unspecified atom stereocenters. The van der Waals surface area contributed by atoms with E-state index >= 15 is 0 Å². The number of esters is 1. The van der Waals surface area contributed by atoms with E-state index in [9.17, 15) is 19.8 Å². The van der Waals surface area contributed by atoms with E-state index < -0.39 is 11.5 Å². The summed E-state index contributed by atoms with van der Waals surface area (Å²) in [5.41, 5.74) is 4.32. The van der Waals surface area contributed by atoms with Crippen molar-refractivity contribution in [3.63, 3.8) is 0 Å². The van der Waals surface area contributed by atoms with Gasteiger partial charge in [0.05, 0.1) is 40.2 Å². The van der Waals surface area contributed by atoms with Gasteiger partial charge < -0.3 is 33.6 Å². The number of aliphatic hydroxyl groups excluding tert-OH is 1. The van der Waals surface area contributed by atoms with E-state index in [1.54, 1.807) is 26.4 Å². The van der Waals surface area contributed by atoms with E-state index in [4.69, 9.17) is 14.2 Å². The lowest BCUT2D eigenvalue weighted by molar-refractivity contribution is 0.0594. The summed E-state index contributed by atoms with van der Waals surface area (Å²) in [5, 5.41) is 22.1. The van der Waals surface area contributed by atoms with Crippen molar-refractivity contribution in [1.29, 1.82) is 0 Å². The number of aromatic nitrogens is 2. The molecule has 9 heteroatoms. The zero-order chi connectivity index (χ0) is 27.1. The first-order chi connectivity index (χ1) is 18.3. The summed E-state index contributed by atoms with van der Waals surface area (Å²) in [6, 6.07) is 11.2. The van der Waals surface area contributed by atoms with Crippen molar-refractivity contribution in [2.75, 3.05) is 21.3 Å². The Morgan fingerprint density at radius 3 is 2.47 bits per heavy atom. The van der Waals surface area contributed by atoms with Crippen molar-refractivity contribution in [3.05, 3.63) is 74.7 Å². The summed E-state index contributed by atoms with van der Waals surface area (Å²) in [4.78, 5) is 26.5. The molecule has 0 spiro atoms. The molecule has 1 aliphatic rings. The van der Waals surface area contributed by atoms with Crippen LogP contribution in [0.4, 0.5) is 0 Å². The van der Waals surface area contributed by atoms with Gasteiger partial charge in [0.25, 0.3) is 5.56 Å². The number of pyridine rings is 1. The van der Waals surface area contributed by atoms with Crippen LogP contribution in [-0.4, -0.2) is 46.6 Å². The van der Waals surface area contributed by atoms with Crippen LogP contribution in [0.5, 0.6) is 17.2 Å². The lowest BCUT2D eigenvalue weighted by Gasteiger charge is -2.21. The molecule has 198 valence electrons. The number of ether oxygens (including phenoxy) is 3. The zero-order valence-corrected chi connectivity index (χ0v) is 21.8. The molecular weight excluding hydrogens is 488 g/mol. The smallest absolute Gasteiger partial charge is 0.347 e. The Morgan fingerprint density at radius 2 is 1.79 bits per heavy atom. The van der Waals surface area contributed by atoms with Gasteiger partial charge in [-0.3, -0.25) is 4.79 Å². The molecule has 0 fully saturated rings. The highest BCUT2D eigenvalue weighted by Gasteiger charge is 2.30. The van der Waals surface area contributed by atoms with Crippen molar-refractivity contribution in [2.45, 2.75) is 32.4 Å². The minimum absolute atomic E-state index is 0.0900. The van der Waals surface area contributed by atoms with Gasteiger partial charge in [-0.2, -0.15) is 0 Å². The van der Waals surface area contributed by atoms with Crippen LogP contribution in [0, 0.1) is 0 Å². The normalized spacial score (nSPS) is 12.6. The van der Waals surface area contributed by atoms with Gasteiger partial charge in [-0.1, -0.05) is 6.07 Å². The van der Waals surface area contributed by atoms with Gasteiger partial charge in [-0.25, -0.2) is 4.79 Å². The lowest BCUT2D eigenvalue weighted by Crippen LogP contribution is -2.30. The highest BCUT2D eigenvalue weighted by atomic mass is 16.5. The van der Waals surface area contributed by atoms with Crippen LogP contribution in [0.3, 0.4) is 0 Å². The molecule has 38 heavy (non-hydrogen) atoms. The van der Waals surface area contributed by atoms with Gasteiger partial charge in [0.1, 0.15) is 17.2 Å². The van der Waals surface area contributed by atoms with Crippen molar-refractivity contribution >= 4 is 16.9 Å². The fourth-order valence-corrected chi connectivity index (χ4v) is 5.51. The van der Waals surface area contributed by atoms with Crippen molar-refractivity contribution < 1.29 is 29.2 Å². The Labute approximate surface area is 219 Å². The molecule has 0 atom stereocenters. The van der Waals surface area contributed by atoms with Crippen molar-refractivity contribution in [1.82, 2.24) is 9.13 Å². The molecule has 9 nitrogen and oxygen atoms in total. The van der Waals surface area contributed by atoms with E-state index in [1.807, 2.05) is 35.9 Å². The quantitative estimate of drug-likeness (QED) is 0.376. The molecule has 1 aliphatic carbocycles. The van der Waals surface area contributed by atoms with E-state index in [-0.39, 0.29) is 24.5 Å². The number of fused-ring (bicyclic) bond motifs is 5. The van der Waals surface area contributed by atoms with Crippen LogP contribution in [-0.2, 0) is 37.8 Å². The maximum Gasteiger partial charge on any atom is 0.347 e. The number of nitrogens with zero attached hydrogens (tertiary/aromatic N) is 2. The molecule has 0 aliphatic heterocycles. The fourth-order valence-electron chi connectivity index (χ4n) is 5.51. The number of benzene rings is 2. The Bertz CT molecular complexity index is 1630. The third kappa shape index (κ3) is 3.90. The topological polar surface area (TPSA) is 112 Å². The molecule has 2 aromatic carbocycles. The number of methoxy groups -OCH3 is 3. The number of carbonyl (C=O) groups is 1. The SMILES string of the molecule is COC(=O)c1c(O)c2c(n(Cc3ccc(OC)cc3OC)c1=O)-c1ccc3c(cc(CO)n3C)c1CCC2. The van der Waals surface area contributed by atoms with E-state index in [0.717, 1.165) is 27.7 Å². The van der Waals surface area contributed by atoms with Crippen LogP contribution in [0.15, 0.2) is 41.2 Å². The molecular formula is C29H30N2O7. The van der Waals surface area contributed by atoms with Gasteiger partial charge in [-0.15, -0.1) is 0 Å². The Hall–Kier alpha value is -4.24. The number of hydrogen-bond acceptors (Lipinski definition) is 7. The number of carbonyl (C=O) groups excluding carboxylic acids is 1. The third-order valence-electron chi connectivity index (χ3n) is 7.46. The number of rotatable bonds is 6. The number of aliphatic hydroxyl groups is 1. The Morgan fingerprint density at radius 1 is 1.03 bits per heavy atom. The summed E-state index contributed by atoms with van der Waals surface area (Å²) in [5.74, 6) is -0.0972. The first-order valence-corrected chi connectivity index (χ1v) is 12.3. The van der Waals surface area contributed by atoms with Crippen molar-refractivity contribution in [2.24, 2.45) is 7.05 Å². The summed E-state index contributed by atoms with van der Waals surface area (Å²) in [6.07, 6.45) is 1.85. The van der Waals surface area contributed by atoms with Crippen LogP contribution in [0.1, 0.15) is 39.2 Å². The fraction of sp³-hybridized carbons (Fsp3) is 0.310. The van der Waals surface area contributed by atoms with Gasteiger partial charge in [0.15, 0.2) is 5.56 Å². The standard InChI is InChI=1S/C29H30N2O7/c1-30-17(15-32)12-22-19-6-5-7-21-26(20(19)10-11-23(22)30)31(28(34)25(27(21)33)29(35)38-4)14-16-8-9-18(36-2)13-24(16)37-3/h8-13,32-33H,5-7,14-15H2,1-4H3. The maximum absolute atomic E-state index is 13.9. The van der Waals surface area contributed by atoms with E-state index in [2.05, 4.69) is 0 Å². The second kappa shape index (κ2) is 9.90. The van der Waals surface area contributed by atoms with Gasteiger partial charge in [-0.05, 0) is 49.1 Å². The van der Waals surface area contributed by atoms with Crippen LogP contribution >= 0.6 is 0 Å². The molecule has 0 bridgehead atoms. The minimum atomic E-state index is -0.888. The second-order valence-electron chi connectivity index (χ2n) is 9.34. The largest absolute Gasteiger partial charge is 0.506 e. The minimum Gasteiger partial charge on any atom is -0.506 e. The molecule has 4 aromatic rings. The predicted octanol–water partition coefficient (Wildman–Crippen LogP) is 3.55. The summed E-state index contributed by atoms with van der Waals surface area (Å²) in [6.45, 7) is -0.00540. The van der Waals surface area contributed by atoms with E-state index in [0.29, 0.717) is 47.6 Å². The average molecular weight is 519 g/mol. The van der Waals surface area contributed by atoms with Gasteiger partial charge in [0, 0.05) is 46.4 Å². The first-order valence-electron chi connectivity index (χ1n) is 12.3. The molecule has 0 saturated heterocycles. The highest BCUT2D eigenvalue weighted by Crippen LogP contribution is 2.41. The van der Waals surface area contributed by atoms with Crippen LogP contribution in [0.25, 0.3) is 22.2 Å². The summed E-state index contributed by atoms with van der Waals surface area (Å²) < 4.78 is 19.3. The van der Waals surface area contributed by atoms with E-state index in [1.165, 1.54) is 11.7 Å². The lowest BCUT2D eigenvalue weighted by atomic mass is 9.96. The van der Waals surface area contributed by atoms with Crippen LogP contribution < -0.4 is 15.0 Å². The average Bonchev–Trinajstić information content (AvgIpc) is 3.13. The summed E-state index contributed by atoms with van der Waals surface area (Å²) in [7, 11) is 6.19. The molecule has 0 radical (unpaired) electrons. The number of aryl methyl sites for hydroxylation is 2. The van der Waals surface area contributed by atoms with Gasteiger partial charge in [0.2, 0.25) is 0 Å². The maximum atomic E-state index is 13.9. The second-order valence-corrected chi connectivity index (χ2v) is 9.34. The monoisotopic (exact) mass is 518 g/mol. The Kier molecular flexibility index (Phi) is 6.62. The third-order valence-corrected chi connectivity index (χ3v) is 7.46. The molecule has 2 aromatic heterocycles. The molecule has 2 heterocycles. The number of aromatic hydroxyl groups is 1. The van der Waals surface area contributed by atoms with Gasteiger partial charge >= 0.3 is 5.97 Å². The predicted molar refractivity (Wildman–Crippen MR) is 142 cm³/mol. The zero-order valence-electron chi connectivity index (χ0n) is 21.8. The molecule has 2 N–H and O–H groups in total. The number of hydrogen-bond donors (Lipinski definition) is 2. The molecule has 0 saturated carbocycles. The molecule has 5 rings (SSSR count).